The van der Waals surface area contributed by atoms with E-state index >= 15 is 0 Å². The molecule has 1 aliphatic heterocycles. The molecule has 1 aromatic heterocycles. The predicted octanol–water partition coefficient (Wildman–Crippen LogP) is 2.84. The average Bonchev–Trinajstić information content (AvgIpc) is 2.29. The number of nitrogens with zero attached hydrogens (tertiary/aromatic N) is 2. The predicted molar refractivity (Wildman–Crippen MR) is 60.8 cm³/mol. The van der Waals surface area contributed by atoms with Gasteiger partial charge in [-0.1, -0.05) is 0 Å². The topological polar surface area (TPSA) is 33.2 Å². The Morgan fingerprint density at radius 1 is 1.39 bits per heavy atom. The van der Waals surface area contributed by atoms with Crippen molar-refractivity contribution >= 4 is 22.7 Å². The summed E-state index contributed by atoms with van der Waals surface area (Å²) in [6.45, 7) is 0.0657. The second kappa shape index (κ2) is 4.76. The quantitative estimate of drug-likeness (QED) is 0.780. The van der Waals surface area contributed by atoms with Crippen LogP contribution in [0.15, 0.2) is 12.3 Å². The first kappa shape index (κ1) is 13.1. The Morgan fingerprint density at radius 2 is 2.00 bits per heavy atom. The number of hydrogen-bond acceptors (Lipinski definition) is 3. The Bertz CT molecular complexity index is 471. The molecule has 0 spiro atoms. The molecule has 1 aliphatic rings. The van der Waals surface area contributed by atoms with Gasteiger partial charge in [0.05, 0.1) is 5.56 Å². The zero-order valence-corrected chi connectivity index (χ0v) is 10.1. The molecule has 1 fully saturated rings. The lowest BCUT2D eigenvalue weighted by Crippen LogP contribution is -2.40. The zero-order chi connectivity index (χ0) is 13.3. The highest BCUT2D eigenvalue weighted by molar-refractivity contribution is 6.67. The summed E-state index contributed by atoms with van der Waals surface area (Å²) in [7, 11) is 0. The smallest absolute Gasteiger partial charge is 0.254 e. The van der Waals surface area contributed by atoms with Crippen LogP contribution in [0.1, 0.15) is 23.2 Å². The molecule has 2 heterocycles. The molecule has 0 amide bonds. The molecular formula is C11H10ClF3N2O. The number of anilines is 1. The summed E-state index contributed by atoms with van der Waals surface area (Å²) in [5, 5.41) is -0.807. The van der Waals surface area contributed by atoms with Gasteiger partial charge in [0.15, 0.2) is 11.6 Å². The number of carbonyl (C=O) groups is 1. The van der Waals surface area contributed by atoms with E-state index in [1.807, 2.05) is 0 Å². The monoisotopic (exact) mass is 278 g/mol. The maximum absolute atomic E-state index is 13.7. The van der Waals surface area contributed by atoms with E-state index in [0.717, 1.165) is 12.3 Å². The van der Waals surface area contributed by atoms with Gasteiger partial charge in [0, 0.05) is 32.1 Å². The summed E-state index contributed by atoms with van der Waals surface area (Å²) in [5.41, 5.74) is -0.0553. The van der Waals surface area contributed by atoms with Crippen molar-refractivity contribution < 1.29 is 18.0 Å². The van der Waals surface area contributed by atoms with Gasteiger partial charge in [-0.15, -0.1) is 0 Å². The summed E-state index contributed by atoms with van der Waals surface area (Å²) in [4.78, 5) is 16.0. The minimum atomic E-state index is -2.70. The van der Waals surface area contributed by atoms with Crippen LogP contribution in [0.3, 0.4) is 0 Å². The number of rotatable bonds is 2. The van der Waals surface area contributed by atoms with E-state index in [-0.39, 0.29) is 37.3 Å². The molecule has 0 bridgehead atoms. The molecule has 0 radical (unpaired) electrons. The summed E-state index contributed by atoms with van der Waals surface area (Å²) in [5.74, 6) is -3.45. The number of halogens is 4. The van der Waals surface area contributed by atoms with Crippen LogP contribution >= 0.6 is 11.6 Å². The second-order valence-electron chi connectivity index (χ2n) is 4.15. The maximum Gasteiger partial charge on any atom is 0.254 e. The van der Waals surface area contributed by atoms with Gasteiger partial charge in [-0.05, 0) is 17.7 Å². The molecule has 0 aliphatic carbocycles. The summed E-state index contributed by atoms with van der Waals surface area (Å²) < 4.78 is 39.6. The lowest BCUT2D eigenvalue weighted by atomic mass is 10.1. The van der Waals surface area contributed by atoms with E-state index in [4.69, 9.17) is 11.6 Å². The molecule has 98 valence electrons. The fraction of sp³-hybridized carbons (Fsp3) is 0.455. The minimum absolute atomic E-state index is 0.0211. The maximum atomic E-state index is 13.7. The van der Waals surface area contributed by atoms with Crippen molar-refractivity contribution in [1.29, 1.82) is 0 Å². The van der Waals surface area contributed by atoms with Gasteiger partial charge in [-0.2, -0.15) is 0 Å². The molecule has 0 saturated carbocycles. The number of hydrogen-bond donors (Lipinski definition) is 0. The molecule has 2 rings (SSSR count). The highest BCUT2D eigenvalue weighted by atomic mass is 35.5. The average molecular weight is 279 g/mol. The first-order valence-electron chi connectivity index (χ1n) is 5.37. The van der Waals surface area contributed by atoms with Crippen molar-refractivity contribution in [3.05, 3.63) is 23.6 Å². The molecule has 18 heavy (non-hydrogen) atoms. The van der Waals surface area contributed by atoms with E-state index < -0.39 is 17.0 Å². The largest absolute Gasteiger partial charge is 0.354 e. The first-order chi connectivity index (χ1) is 8.39. The molecule has 1 saturated heterocycles. The van der Waals surface area contributed by atoms with Gasteiger partial charge in [-0.3, -0.25) is 4.79 Å². The van der Waals surface area contributed by atoms with Crippen molar-refractivity contribution in [1.82, 2.24) is 4.98 Å². The summed E-state index contributed by atoms with van der Waals surface area (Å²) in [6, 6.07) is 0.963. The number of aromatic nitrogens is 1. The lowest BCUT2D eigenvalue weighted by Gasteiger charge is -2.32. The van der Waals surface area contributed by atoms with Crippen molar-refractivity contribution in [2.45, 2.75) is 18.8 Å². The Hall–Kier alpha value is -1.30. The van der Waals surface area contributed by atoms with Crippen molar-refractivity contribution in [3.8, 4) is 0 Å². The Labute approximate surface area is 107 Å². The van der Waals surface area contributed by atoms with Crippen LogP contribution in [0.5, 0.6) is 0 Å². The van der Waals surface area contributed by atoms with Crippen LogP contribution in [0.2, 0.25) is 0 Å². The third-order valence-corrected chi connectivity index (χ3v) is 3.06. The highest BCUT2D eigenvalue weighted by Gasteiger charge is 2.35. The van der Waals surface area contributed by atoms with Crippen LogP contribution in [0, 0.1) is 5.82 Å². The molecule has 0 unspecified atom stereocenters. The van der Waals surface area contributed by atoms with Crippen LogP contribution in [0.25, 0.3) is 0 Å². The summed E-state index contributed by atoms with van der Waals surface area (Å²) in [6.07, 6.45) is 0.481. The number of carbonyl (C=O) groups excluding carboxylic acids is 1. The fourth-order valence-corrected chi connectivity index (χ4v) is 1.92. The third-order valence-electron chi connectivity index (χ3n) is 2.84. The third kappa shape index (κ3) is 2.75. The molecule has 7 heteroatoms. The molecule has 1 aromatic rings. The van der Waals surface area contributed by atoms with Crippen molar-refractivity contribution in [2.75, 3.05) is 18.0 Å². The van der Waals surface area contributed by atoms with Gasteiger partial charge in [0.1, 0.15) is 0 Å². The van der Waals surface area contributed by atoms with Gasteiger partial charge in [0.2, 0.25) is 0 Å². The number of pyridine rings is 1. The Morgan fingerprint density at radius 3 is 2.50 bits per heavy atom. The Balaban J connectivity index is 2.17. The van der Waals surface area contributed by atoms with Crippen molar-refractivity contribution in [3.63, 3.8) is 0 Å². The van der Waals surface area contributed by atoms with Crippen LogP contribution < -0.4 is 4.90 Å². The van der Waals surface area contributed by atoms with Crippen LogP contribution in [-0.4, -0.2) is 29.2 Å². The van der Waals surface area contributed by atoms with Crippen molar-refractivity contribution in [2.24, 2.45) is 0 Å². The molecule has 0 aromatic carbocycles. The molecular weight excluding hydrogens is 269 g/mol. The minimum Gasteiger partial charge on any atom is -0.354 e. The van der Waals surface area contributed by atoms with E-state index in [1.165, 1.54) is 4.90 Å². The van der Waals surface area contributed by atoms with Crippen LogP contribution in [0.4, 0.5) is 19.0 Å². The van der Waals surface area contributed by atoms with Gasteiger partial charge in [0.25, 0.3) is 11.2 Å². The summed E-state index contributed by atoms with van der Waals surface area (Å²) >= 11 is 5.19. The standard InChI is InChI=1S/C11H10ClF3N2O/c12-9(18)7-5-8(13)10(16-6-7)17-3-1-11(14,15)2-4-17/h5-6H,1-4H2. The van der Waals surface area contributed by atoms with E-state index in [1.54, 1.807) is 0 Å². The number of piperidine rings is 1. The van der Waals surface area contributed by atoms with Gasteiger partial charge < -0.3 is 4.90 Å². The zero-order valence-electron chi connectivity index (χ0n) is 9.30. The lowest BCUT2D eigenvalue weighted by molar-refractivity contribution is -0.0222. The normalized spacial score (nSPS) is 18.8. The highest BCUT2D eigenvalue weighted by Crippen LogP contribution is 2.30. The molecule has 0 atom stereocenters. The van der Waals surface area contributed by atoms with E-state index in [0.29, 0.717) is 0 Å². The molecule has 3 nitrogen and oxygen atoms in total. The SMILES string of the molecule is O=C(Cl)c1cnc(N2CCC(F)(F)CC2)c(F)c1. The number of alkyl halides is 2. The van der Waals surface area contributed by atoms with E-state index in [9.17, 15) is 18.0 Å². The van der Waals surface area contributed by atoms with E-state index in [2.05, 4.69) is 4.98 Å². The Kier molecular flexibility index (Phi) is 3.47. The van der Waals surface area contributed by atoms with Gasteiger partial charge >= 0.3 is 0 Å². The van der Waals surface area contributed by atoms with Gasteiger partial charge in [-0.25, -0.2) is 18.2 Å². The van der Waals surface area contributed by atoms with Crippen LogP contribution in [-0.2, 0) is 0 Å². The fourth-order valence-electron chi connectivity index (χ4n) is 1.82. The first-order valence-corrected chi connectivity index (χ1v) is 5.75. The second-order valence-corrected chi connectivity index (χ2v) is 4.49. The molecule has 0 N–H and O–H groups in total.